The summed E-state index contributed by atoms with van der Waals surface area (Å²) < 4.78 is 26.0. The molecule has 0 radical (unpaired) electrons. The molecule has 2 N–H and O–H groups in total. The maximum absolute atomic E-state index is 14.1. The van der Waals surface area contributed by atoms with E-state index < -0.39 is 11.9 Å². The molecule has 4 heterocycles. The molecule has 1 atom stereocenters. The number of nitrogens with zero attached hydrogens (tertiary/aromatic N) is 4. The first-order valence-corrected chi connectivity index (χ1v) is 12.4. The quantitative estimate of drug-likeness (QED) is 0.321. The third kappa shape index (κ3) is 4.76. The zero-order valence-electron chi connectivity index (χ0n) is 20.2. The highest BCUT2D eigenvalue weighted by atomic mass is 35.5. The van der Waals surface area contributed by atoms with Gasteiger partial charge in [-0.2, -0.15) is 0 Å². The number of amides is 1. The molecule has 1 aliphatic heterocycles. The summed E-state index contributed by atoms with van der Waals surface area (Å²) >= 11 is 12.4. The van der Waals surface area contributed by atoms with E-state index in [2.05, 4.69) is 14.9 Å². The number of benzene rings is 1. The Morgan fingerprint density at radius 2 is 1.89 bits per heavy atom. The summed E-state index contributed by atoms with van der Waals surface area (Å²) in [4.78, 5) is 24.5. The number of nitrogens with two attached hydrogens (primary N) is 1. The second-order valence-corrected chi connectivity index (χ2v) is 9.57. The molecule has 37 heavy (non-hydrogen) atoms. The number of hydrogen-bond donors (Lipinski definition) is 1. The molecule has 1 amide bonds. The Labute approximate surface area is 222 Å². The van der Waals surface area contributed by atoms with Crippen LogP contribution in [0, 0.1) is 5.82 Å². The Bertz CT molecular complexity index is 1470. The van der Waals surface area contributed by atoms with Crippen LogP contribution < -0.4 is 15.4 Å². The van der Waals surface area contributed by atoms with Gasteiger partial charge in [-0.1, -0.05) is 23.2 Å². The normalized spacial score (nSPS) is 14.7. The van der Waals surface area contributed by atoms with Crippen LogP contribution in [0.4, 0.5) is 16.0 Å². The van der Waals surface area contributed by atoms with Crippen LogP contribution in [0.2, 0.25) is 10.0 Å². The van der Waals surface area contributed by atoms with Crippen molar-refractivity contribution in [2.75, 3.05) is 36.8 Å². The van der Waals surface area contributed by atoms with E-state index >= 15 is 0 Å². The summed E-state index contributed by atoms with van der Waals surface area (Å²) in [5.41, 5.74) is 8.40. The average molecular weight is 544 g/mol. The van der Waals surface area contributed by atoms with Crippen molar-refractivity contribution < 1.29 is 18.3 Å². The van der Waals surface area contributed by atoms with Crippen molar-refractivity contribution in [3.8, 4) is 16.9 Å². The topological polar surface area (TPSA) is 97.7 Å². The van der Waals surface area contributed by atoms with Crippen LogP contribution in [0.5, 0.6) is 5.75 Å². The van der Waals surface area contributed by atoms with E-state index in [1.807, 2.05) is 17.0 Å². The number of carbonyl (C=O) groups excluding carboxylic acids is 1. The molecule has 1 aromatic carbocycles. The van der Waals surface area contributed by atoms with Gasteiger partial charge in [0.05, 0.1) is 16.7 Å². The number of aromatic nitrogens is 2. The van der Waals surface area contributed by atoms with Crippen molar-refractivity contribution in [1.82, 2.24) is 14.9 Å². The van der Waals surface area contributed by atoms with Gasteiger partial charge in [0.15, 0.2) is 11.4 Å². The zero-order chi connectivity index (χ0) is 26.3. The SMILES string of the molecule is CC(=O)N1CCN(c2ccc(-c3coc4c(OC(C)c5c(Cl)ccc(F)c5Cl)c(N)ncc34)cn2)CC1. The van der Waals surface area contributed by atoms with Crippen LogP contribution in [-0.2, 0) is 4.79 Å². The molecule has 3 aromatic heterocycles. The van der Waals surface area contributed by atoms with Crippen LogP contribution in [0.3, 0.4) is 0 Å². The van der Waals surface area contributed by atoms with E-state index in [1.54, 1.807) is 32.5 Å². The van der Waals surface area contributed by atoms with Crippen LogP contribution in [0.15, 0.2) is 47.3 Å². The number of furan rings is 1. The largest absolute Gasteiger partial charge is 0.478 e. The van der Waals surface area contributed by atoms with E-state index in [0.29, 0.717) is 29.6 Å². The summed E-state index contributed by atoms with van der Waals surface area (Å²) in [6.07, 6.45) is 4.23. The molecule has 5 rings (SSSR count). The third-order valence-electron chi connectivity index (χ3n) is 6.49. The number of pyridine rings is 2. The van der Waals surface area contributed by atoms with E-state index in [9.17, 15) is 9.18 Å². The lowest BCUT2D eigenvalue weighted by molar-refractivity contribution is -0.129. The summed E-state index contributed by atoms with van der Waals surface area (Å²) in [5, 5.41) is 0.830. The second kappa shape index (κ2) is 10.1. The molecule has 192 valence electrons. The molecular formula is C26H24Cl2FN5O3. The molecule has 1 saturated heterocycles. The molecule has 0 aliphatic carbocycles. The molecule has 8 nitrogen and oxygen atoms in total. The first-order chi connectivity index (χ1) is 17.7. The lowest BCUT2D eigenvalue weighted by atomic mass is 10.1. The fourth-order valence-electron chi connectivity index (χ4n) is 4.45. The smallest absolute Gasteiger partial charge is 0.219 e. The van der Waals surface area contributed by atoms with Crippen molar-refractivity contribution in [3.05, 3.63) is 64.3 Å². The van der Waals surface area contributed by atoms with Gasteiger partial charge in [-0.25, -0.2) is 14.4 Å². The molecule has 0 saturated carbocycles. The van der Waals surface area contributed by atoms with Gasteiger partial charge >= 0.3 is 0 Å². The Balaban J connectivity index is 1.41. The predicted molar refractivity (Wildman–Crippen MR) is 142 cm³/mol. The molecule has 11 heteroatoms. The van der Waals surface area contributed by atoms with E-state index in [1.165, 1.54) is 12.1 Å². The maximum Gasteiger partial charge on any atom is 0.219 e. The first-order valence-electron chi connectivity index (χ1n) is 11.7. The maximum atomic E-state index is 14.1. The minimum absolute atomic E-state index is 0.0870. The van der Waals surface area contributed by atoms with Crippen LogP contribution in [0.25, 0.3) is 22.1 Å². The number of ether oxygens (including phenoxy) is 1. The molecule has 1 fully saturated rings. The highest BCUT2D eigenvalue weighted by Gasteiger charge is 2.24. The van der Waals surface area contributed by atoms with Gasteiger partial charge in [0.1, 0.15) is 17.7 Å². The van der Waals surface area contributed by atoms with E-state index in [-0.39, 0.29) is 27.5 Å². The van der Waals surface area contributed by atoms with Crippen molar-refractivity contribution in [2.45, 2.75) is 20.0 Å². The molecular weight excluding hydrogens is 520 g/mol. The number of piperazine rings is 1. The van der Waals surface area contributed by atoms with Crippen molar-refractivity contribution >= 4 is 51.7 Å². The van der Waals surface area contributed by atoms with Crippen LogP contribution >= 0.6 is 23.2 Å². The van der Waals surface area contributed by atoms with Crippen molar-refractivity contribution in [1.29, 1.82) is 0 Å². The number of hydrogen-bond acceptors (Lipinski definition) is 7. The molecule has 4 aromatic rings. The number of anilines is 2. The zero-order valence-corrected chi connectivity index (χ0v) is 21.7. The molecule has 1 unspecified atom stereocenters. The molecule has 0 bridgehead atoms. The van der Waals surface area contributed by atoms with Gasteiger partial charge in [0, 0.05) is 67.2 Å². The van der Waals surface area contributed by atoms with Gasteiger partial charge in [0.25, 0.3) is 0 Å². The summed E-state index contributed by atoms with van der Waals surface area (Å²) in [6.45, 7) is 6.07. The van der Waals surface area contributed by atoms with Gasteiger partial charge in [-0.3, -0.25) is 4.79 Å². The van der Waals surface area contributed by atoms with E-state index in [0.717, 1.165) is 30.0 Å². The molecule has 0 spiro atoms. The minimum Gasteiger partial charge on any atom is -0.478 e. The van der Waals surface area contributed by atoms with E-state index in [4.69, 9.17) is 38.1 Å². The Morgan fingerprint density at radius 3 is 2.57 bits per heavy atom. The monoisotopic (exact) mass is 543 g/mol. The summed E-state index contributed by atoms with van der Waals surface area (Å²) in [6, 6.07) is 6.51. The molecule has 1 aliphatic rings. The highest BCUT2D eigenvalue weighted by molar-refractivity contribution is 6.36. The van der Waals surface area contributed by atoms with Crippen LogP contribution in [0.1, 0.15) is 25.5 Å². The van der Waals surface area contributed by atoms with Crippen molar-refractivity contribution in [3.63, 3.8) is 0 Å². The number of carbonyl (C=O) groups is 1. The fraction of sp³-hybridized carbons (Fsp3) is 0.269. The standard InChI is InChI=1S/C26H24Cl2FN5O3/c1-14(22-19(27)4-5-20(29)23(22)28)37-25-24-17(12-32-26(25)30)18(13-36-24)16-3-6-21(31-11-16)34-9-7-33(8-10-34)15(2)35/h3-6,11-14H,7-10H2,1-2H3,(H2,30,32). The third-order valence-corrected chi connectivity index (χ3v) is 7.20. The number of rotatable bonds is 5. The van der Waals surface area contributed by atoms with Crippen LogP contribution in [-0.4, -0.2) is 47.0 Å². The predicted octanol–water partition coefficient (Wildman–Crippen LogP) is 5.73. The fourth-order valence-corrected chi connectivity index (χ4v) is 5.13. The number of fused-ring (bicyclic) bond motifs is 1. The lowest BCUT2D eigenvalue weighted by Crippen LogP contribution is -2.48. The Kier molecular flexibility index (Phi) is 6.83. The van der Waals surface area contributed by atoms with Crippen molar-refractivity contribution in [2.24, 2.45) is 0 Å². The number of nitrogen functional groups attached to an aromatic ring is 1. The Morgan fingerprint density at radius 1 is 1.14 bits per heavy atom. The minimum atomic E-state index is -0.733. The number of halogens is 3. The second-order valence-electron chi connectivity index (χ2n) is 8.78. The van der Waals surface area contributed by atoms with Gasteiger partial charge < -0.3 is 24.7 Å². The van der Waals surface area contributed by atoms with Gasteiger partial charge in [0.2, 0.25) is 11.7 Å². The van der Waals surface area contributed by atoms with Gasteiger partial charge in [-0.05, 0) is 31.2 Å². The summed E-state index contributed by atoms with van der Waals surface area (Å²) in [5.74, 6) is 0.646. The highest BCUT2D eigenvalue weighted by Crippen LogP contribution is 2.41. The first kappa shape index (κ1) is 25.1. The average Bonchev–Trinajstić information content (AvgIpc) is 3.33. The Hall–Kier alpha value is -3.56. The lowest BCUT2D eigenvalue weighted by Gasteiger charge is -2.34. The summed E-state index contributed by atoms with van der Waals surface area (Å²) in [7, 11) is 0. The van der Waals surface area contributed by atoms with Gasteiger partial charge in [-0.15, -0.1) is 0 Å².